The molecule has 4 nitrogen and oxygen atoms in total. The monoisotopic (exact) mass is 278 g/mol. The number of methoxy groups -OCH3 is 1. The summed E-state index contributed by atoms with van der Waals surface area (Å²) >= 11 is 0. The number of halogens is 1. The van der Waals surface area contributed by atoms with E-state index in [4.69, 9.17) is 4.74 Å². The van der Waals surface area contributed by atoms with Gasteiger partial charge in [-0.15, -0.1) is 0 Å². The van der Waals surface area contributed by atoms with Crippen LogP contribution in [0.2, 0.25) is 0 Å². The maximum atomic E-state index is 14.0. The molecule has 0 radical (unpaired) electrons. The molecule has 108 valence electrons. The summed E-state index contributed by atoms with van der Waals surface area (Å²) in [6, 6.07) is 4.79. The summed E-state index contributed by atoms with van der Waals surface area (Å²) < 4.78 is 19.1. The van der Waals surface area contributed by atoms with E-state index >= 15 is 0 Å². The molecule has 2 aliphatic rings. The lowest BCUT2D eigenvalue weighted by Gasteiger charge is -2.33. The van der Waals surface area contributed by atoms with Crippen LogP contribution in [-0.4, -0.2) is 31.6 Å². The van der Waals surface area contributed by atoms with Crippen LogP contribution in [0.1, 0.15) is 25.7 Å². The van der Waals surface area contributed by atoms with Crippen LogP contribution in [0.5, 0.6) is 5.75 Å². The van der Waals surface area contributed by atoms with Crippen LogP contribution in [0, 0.1) is 5.82 Å². The van der Waals surface area contributed by atoms with E-state index in [0.717, 1.165) is 25.7 Å². The number of carbonyl (C=O) groups is 1. The second kappa shape index (κ2) is 5.40. The van der Waals surface area contributed by atoms with Crippen molar-refractivity contribution in [3.63, 3.8) is 0 Å². The fourth-order valence-electron chi connectivity index (χ4n) is 2.63. The van der Waals surface area contributed by atoms with Crippen LogP contribution < -0.4 is 15.0 Å². The molecular weight excluding hydrogens is 259 g/mol. The summed E-state index contributed by atoms with van der Waals surface area (Å²) in [7, 11) is 1.53. The summed E-state index contributed by atoms with van der Waals surface area (Å²) in [4.78, 5) is 14.0. The number of anilines is 1. The number of nitrogens with zero attached hydrogens (tertiary/aromatic N) is 1. The van der Waals surface area contributed by atoms with E-state index in [1.807, 2.05) is 0 Å². The highest BCUT2D eigenvalue weighted by molar-refractivity contribution is 5.98. The lowest BCUT2D eigenvalue weighted by atomic mass is 10.0. The Morgan fingerprint density at radius 3 is 2.85 bits per heavy atom. The second-order valence-electron chi connectivity index (χ2n) is 5.44. The van der Waals surface area contributed by atoms with Gasteiger partial charge >= 0.3 is 0 Å². The molecule has 1 N–H and O–H groups in total. The Kier molecular flexibility index (Phi) is 3.61. The molecule has 3 rings (SSSR count). The third kappa shape index (κ3) is 2.63. The molecule has 5 heteroatoms. The van der Waals surface area contributed by atoms with Crippen LogP contribution in [0.3, 0.4) is 0 Å². The van der Waals surface area contributed by atoms with Crippen LogP contribution >= 0.6 is 0 Å². The number of hydrogen-bond donors (Lipinski definition) is 1. The molecule has 1 aliphatic carbocycles. The largest absolute Gasteiger partial charge is 0.497 e. The van der Waals surface area contributed by atoms with Crippen molar-refractivity contribution in [1.29, 1.82) is 0 Å². The van der Waals surface area contributed by atoms with Crippen molar-refractivity contribution in [3.8, 4) is 5.75 Å². The highest BCUT2D eigenvalue weighted by Crippen LogP contribution is 2.29. The lowest BCUT2D eigenvalue weighted by Crippen LogP contribution is -2.51. The van der Waals surface area contributed by atoms with Gasteiger partial charge in [0, 0.05) is 18.7 Å². The zero-order valence-corrected chi connectivity index (χ0v) is 11.6. The summed E-state index contributed by atoms with van der Waals surface area (Å²) in [5.41, 5.74) is 0.316. The molecule has 1 saturated heterocycles. The Balaban J connectivity index is 1.82. The minimum absolute atomic E-state index is 0.0321. The minimum atomic E-state index is -0.383. The summed E-state index contributed by atoms with van der Waals surface area (Å²) in [6.07, 6.45) is 3.98. The van der Waals surface area contributed by atoms with E-state index in [9.17, 15) is 9.18 Å². The number of hydrogen-bond acceptors (Lipinski definition) is 3. The number of benzene rings is 1. The summed E-state index contributed by atoms with van der Waals surface area (Å²) in [6.45, 7) is 0.561. The third-order valence-electron chi connectivity index (χ3n) is 3.90. The van der Waals surface area contributed by atoms with Gasteiger partial charge in [0.05, 0.1) is 18.8 Å². The molecule has 1 atom stereocenters. The first kappa shape index (κ1) is 13.4. The molecule has 1 aromatic carbocycles. The van der Waals surface area contributed by atoms with Crippen LogP contribution in [0.15, 0.2) is 18.2 Å². The standard InChI is InChI=1S/C15H19FN2O2/c1-20-11-6-7-12(16)14(9-11)18-8-2-3-13(15(18)19)17-10-4-5-10/h6-7,9-10,13,17H,2-5,8H2,1H3. The number of carbonyl (C=O) groups excluding carboxylic acids is 1. The Morgan fingerprint density at radius 2 is 2.15 bits per heavy atom. The van der Waals surface area contributed by atoms with E-state index in [2.05, 4.69) is 5.32 Å². The Bertz CT molecular complexity index is 517. The fourth-order valence-corrected chi connectivity index (χ4v) is 2.63. The minimum Gasteiger partial charge on any atom is -0.497 e. The average Bonchev–Trinajstić information content (AvgIpc) is 3.26. The van der Waals surface area contributed by atoms with Crippen LogP contribution in [0.25, 0.3) is 0 Å². The molecule has 2 fully saturated rings. The van der Waals surface area contributed by atoms with E-state index < -0.39 is 0 Å². The molecule has 1 amide bonds. The normalized spacial score (nSPS) is 23.0. The second-order valence-corrected chi connectivity index (χ2v) is 5.44. The van der Waals surface area contributed by atoms with E-state index in [1.165, 1.54) is 13.2 Å². The quantitative estimate of drug-likeness (QED) is 0.917. The average molecular weight is 278 g/mol. The van der Waals surface area contributed by atoms with Gasteiger partial charge in [0.25, 0.3) is 0 Å². The van der Waals surface area contributed by atoms with Crippen LogP contribution in [0.4, 0.5) is 10.1 Å². The van der Waals surface area contributed by atoms with Crippen molar-refractivity contribution in [3.05, 3.63) is 24.0 Å². The maximum Gasteiger partial charge on any atom is 0.244 e. The van der Waals surface area contributed by atoms with Gasteiger partial charge in [-0.25, -0.2) is 4.39 Å². The zero-order valence-electron chi connectivity index (χ0n) is 11.6. The SMILES string of the molecule is COc1ccc(F)c(N2CCCC(NC3CC3)C2=O)c1. The fraction of sp³-hybridized carbons (Fsp3) is 0.533. The highest BCUT2D eigenvalue weighted by atomic mass is 19.1. The first-order valence-corrected chi connectivity index (χ1v) is 7.10. The van der Waals surface area contributed by atoms with Gasteiger partial charge < -0.3 is 15.0 Å². The number of amides is 1. The smallest absolute Gasteiger partial charge is 0.244 e. The van der Waals surface area contributed by atoms with Crippen molar-refractivity contribution in [2.45, 2.75) is 37.8 Å². The van der Waals surface area contributed by atoms with Crippen molar-refractivity contribution in [2.75, 3.05) is 18.6 Å². The van der Waals surface area contributed by atoms with Gasteiger partial charge in [0.2, 0.25) is 5.91 Å². The molecule has 1 heterocycles. The molecule has 0 bridgehead atoms. The van der Waals surface area contributed by atoms with Gasteiger partial charge in [0.1, 0.15) is 11.6 Å². The van der Waals surface area contributed by atoms with E-state index in [-0.39, 0.29) is 17.8 Å². The lowest BCUT2D eigenvalue weighted by molar-refractivity contribution is -0.121. The van der Waals surface area contributed by atoms with Crippen molar-refractivity contribution in [1.82, 2.24) is 5.32 Å². The molecule has 1 aromatic rings. The zero-order chi connectivity index (χ0) is 14.1. The number of rotatable bonds is 4. The molecule has 1 saturated carbocycles. The highest BCUT2D eigenvalue weighted by Gasteiger charge is 2.34. The molecule has 1 unspecified atom stereocenters. The topological polar surface area (TPSA) is 41.6 Å². The first-order chi connectivity index (χ1) is 9.69. The van der Waals surface area contributed by atoms with E-state index in [0.29, 0.717) is 24.0 Å². The Hall–Kier alpha value is -1.62. The van der Waals surface area contributed by atoms with Crippen molar-refractivity contribution in [2.24, 2.45) is 0 Å². The van der Waals surface area contributed by atoms with Gasteiger partial charge in [-0.2, -0.15) is 0 Å². The van der Waals surface area contributed by atoms with Gasteiger partial charge in [-0.3, -0.25) is 4.79 Å². The predicted molar refractivity (Wildman–Crippen MR) is 74.5 cm³/mol. The number of piperidine rings is 1. The Labute approximate surface area is 117 Å². The summed E-state index contributed by atoms with van der Waals surface area (Å²) in [5.74, 6) is 0.146. The number of nitrogens with one attached hydrogen (secondary N) is 1. The molecule has 20 heavy (non-hydrogen) atoms. The van der Waals surface area contributed by atoms with Crippen LogP contribution in [-0.2, 0) is 4.79 Å². The predicted octanol–water partition coefficient (Wildman–Crippen LogP) is 2.08. The molecule has 1 aliphatic heterocycles. The summed E-state index contributed by atoms with van der Waals surface area (Å²) in [5, 5.41) is 3.35. The van der Waals surface area contributed by atoms with Gasteiger partial charge in [0.15, 0.2) is 0 Å². The molecule has 0 spiro atoms. The first-order valence-electron chi connectivity index (χ1n) is 7.10. The van der Waals surface area contributed by atoms with E-state index in [1.54, 1.807) is 17.0 Å². The maximum absolute atomic E-state index is 14.0. The van der Waals surface area contributed by atoms with Crippen molar-refractivity contribution < 1.29 is 13.9 Å². The molecular formula is C15H19FN2O2. The Morgan fingerprint density at radius 1 is 1.35 bits per heavy atom. The molecule has 0 aromatic heterocycles. The third-order valence-corrected chi connectivity index (χ3v) is 3.90. The van der Waals surface area contributed by atoms with Gasteiger partial charge in [-0.05, 0) is 37.8 Å². The number of ether oxygens (including phenoxy) is 1. The van der Waals surface area contributed by atoms with Crippen molar-refractivity contribution >= 4 is 11.6 Å². The van der Waals surface area contributed by atoms with Gasteiger partial charge in [-0.1, -0.05) is 0 Å².